The molecular weight excluding hydrogens is 150 g/mol. The van der Waals surface area contributed by atoms with Gasteiger partial charge in [0.1, 0.15) is 0 Å². The average Bonchev–Trinajstić information content (AvgIpc) is 2.50. The molecule has 0 aliphatic rings. The van der Waals surface area contributed by atoms with Gasteiger partial charge in [0.15, 0.2) is 0 Å². The van der Waals surface area contributed by atoms with Crippen LogP contribution in [-0.4, -0.2) is 16.1 Å². The van der Waals surface area contributed by atoms with Gasteiger partial charge in [-0.1, -0.05) is 13.8 Å². The maximum absolute atomic E-state index is 4.27. The van der Waals surface area contributed by atoms with Crippen LogP contribution in [0.15, 0.2) is 12.5 Å². The van der Waals surface area contributed by atoms with E-state index in [1.807, 2.05) is 6.33 Å². The minimum absolute atomic E-state index is 0.882. The van der Waals surface area contributed by atoms with Crippen LogP contribution in [0.3, 0.4) is 0 Å². The number of rotatable bonds is 5. The van der Waals surface area contributed by atoms with Crippen molar-refractivity contribution in [3.8, 4) is 0 Å². The van der Waals surface area contributed by atoms with Crippen LogP contribution < -0.4 is 5.32 Å². The van der Waals surface area contributed by atoms with Gasteiger partial charge in [0.05, 0.1) is 12.0 Å². The first-order chi connectivity index (χ1) is 5.86. The number of imidazole rings is 1. The Balaban J connectivity index is 2.41. The van der Waals surface area contributed by atoms with Crippen molar-refractivity contribution in [1.82, 2.24) is 14.9 Å². The smallest absolute Gasteiger partial charge is 0.0949 e. The average molecular weight is 167 g/mol. The summed E-state index contributed by atoms with van der Waals surface area (Å²) >= 11 is 0. The van der Waals surface area contributed by atoms with Gasteiger partial charge in [-0.2, -0.15) is 0 Å². The molecule has 0 aliphatic carbocycles. The van der Waals surface area contributed by atoms with E-state index in [4.69, 9.17) is 0 Å². The first kappa shape index (κ1) is 9.26. The Bertz CT molecular complexity index is 217. The molecule has 0 spiro atoms. The molecule has 0 fully saturated rings. The van der Waals surface area contributed by atoms with Crippen LogP contribution in [-0.2, 0) is 13.1 Å². The van der Waals surface area contributed by atoms with Gasteiger partial charge in [-0.3, -0.25) is 0 Å². The zero-order chi connectivity index (χ0) is 8.81. The fourth-order valence-corrected chi connectivity index (χ4v) is 1.13. The molecule has 0 atom stereocenters. The van der Waals surface area contributed by atoms with Gasteiger partial charge in [-0.05, 0) is 13.0 Å². The van der Waals surface area contributed by atoms with Crippen molar-refractivity contribution in [2.24, 2.45) is 0 Å². The highest BCUT2D eigenvalue weighted by Crippen LogP contribution is 1.96. The Hall–Kier alpha value is -0.830. The molecule has 3 heteroatoms. The van der Waals surface area contributed by atoms with Crippen molar-refractivity contribution < 1.29 is 0 Å². The number of nitrogens with zero attached hydrogens (tertiary/aromatic N) is 2. The highest BCUT2D eigenvalue weighted by molar-refractivity contribution is 4.95. The summed E-state index contributed by atoms with van der Waals surface area (Å²) < 4.78 is 2.13. The molecule has 1 N–H and O–H groups in total. The van der Waals surface area contributed by atoms with E-state index in [0.29, 0.717) is 0 Å². The number of aromatic nitrogens is 2. The summed E-state index contributed by atoms with van der Waals surface area (Å²) in [5, 5.41) is 3.24. The maximum atomic E-state index is 4.27. The van der Waals surface area contributed by atoms with Crippen LogP contribution >= 0.6 is 0 Å². The maximum Gasteiger partial charge on any atom is 0.0949 e. The molecular formula is C9H17N3. The summed E-state index contributed by atoms with van der Waals surface area (Å²) in [5.74, 6) is 0. The highest BCUT2D eigenvalue weighted by atomic mass is 15.0. The van der Waals surface area contributed by atoms with Gasteiger partial charge >= 0.3 is 0 Å². The zero-order valence-corrected chi connectivity index (χ0v) is 7.88. The summed E-state index contributed by atoms with van der Waals surface area (Å²) in [6.07, 6.45) is 5.17. The predicted molar refractivity (Wildman–Crippen MR) is 49.9 cm³/mol. The molecule has 0 saturated heterocycles. The standard InChI is InChI=1S/C9H17N3/c1-3-5-12-7-9(11-8-12)6-10-4-2/h7-8,10H,3-6H2,1-2H3. The third-order valence-corrected chi connectivity index (χ3v) is 1.72. The Kier molecular flexibility index (Phi) is 3.80. The molecule has 1 aromatic rings. The molecule has 0 aromatic carbocycles. The molecule has 0 unspecified atom stereocenters. The van der Waals surface area contributed by atoms with Crippen molar-refractivity contribution in [3.63, 3.8) is 0 Å². The first-order valence-electron chi connectivity index (χ1n) is 4.58. The monoisotopic (exact) mass is 167 g/mol. The quantitative estimate of drug-likeness (QED) is 0.718. The lowest BCUT2D eigenvalue weighted by Crippen LogP contribution is -2.11. The van der Waals surface area contributed by atoms with Crippen LogP contribution in [0.1, 0.15) is 26.0 Å². The first-order valence-corrected chi connectivity index (χ1v) is 4.58. The highest BCUT2D eigenvalue weighted by Gasteiger charge is 1.95. The van der Waals surface area contributed by atoms with Crippen molar-refractivity contribution in [1.29, 1.82) is 0 Å². The van der Waals surface area contributed by atoms with Crippen LogP contribution in [0, 0.1) is 0 Å². The Morgan fingerprint density at radius 2 is 2.33 bits per heavy atom. The molecule has 0 saturated carbocycles. The topological polar surface area (TPSA) is 29.9 Å². The number of hydrogen-bond acceptors (Lipinski definition) is 2. The van der Waals surface area contributed by atoms with Gasteiger partial charge in [0.2, 0.25) is 0 Å². The molecule has 0 radical (unpaired) electrons. The minimum Gasteiger partial charge on any atom is -0.337 e. The van der Waals surface area contributed by atoms with E-state index < -0.39 is 0 Å². The third kappa shape index (κ3) is 2.66. The lowest BCUT2D eigenvalue weighted by Gasteiger charge is -1.97. The van der Waals surface area contributed by atoms with E-state index in [9.17, 15) is 0 Å². The predicted octanol–water partition coefficient (Wildman–Crippen LogP) is 1.40. The van der Waals surface area contributed by atoms with E-state index in [1.54, 1.807) is 0 Å². The van der Waals surface area contributed by atoms with Gasteiger partial charge in [-0.25, -0.2) is 4.98 Å². The van der Waals surface area contributed by atoms with Crippen molar-refractivity contribution >= 4 is 0 Å². The molecule has 12 heavy (non-hydrogen) atoms. The Labute approximate surface area is 73.8 Å². The summed E-state index contributed by atoms with van der Waals surface area (Å²) in [7, 11) is 0. The van der Waals surface area contributed by atoms with Crippen LogP contribution in [0.5, 0.6) is 0 Å². The number of hydrogen-bond donors (Lipinski definition) is 1. The van der Waals surface area contributed by atoms with E-state index >= 15 is 0 Å². The molecule has 1 aromatic heterocycles. The molecule has 1 heterocycles. The molecule has 0 amide bonds. The van der Waals surface area contributed by atoms with E-state index in [-0.39, 0.29) is 0 Å². The normalized spacial score (nSPS) is 10.5. The number of aryl methyl sites for hydroxylation is 1. The Morgan fingerprint density at radius 1 is 1.50 bits per heavy atom. The summed E-state index contributed by atoms with van der Waals surface area (Å²) in [6.45, 7) is 7.22. The van der Waals surface area contributed by atoms with Crippen LogP contribution in [0.4, 0.5) is 0 Å². The fourth-order valence-electron chi connectivity index (χ4n) is 1.13. The van der Waals surface area contributed by atoms with E-state index in [0.717, 1.165) is 31.7 Å². The van der Waals surface area contributed by atoms with Crippen molar-refractivity contribution in [2.75, 3.05) is 6.54 Å². The van der Waals surface area contributed by atoms with Crippen LogP contribution in [0.25, 0.3) is 0 Å². The van der Waals surface area contributed by atoms with E-state index in [1.165, 1.54) is 0 Å². The number of nitrogens with one attached hydrogen (secondary N) is 1. The lowest BCUT2D eigenvalue weighted by molar-refractivity contribution is 0.674. The van der Waals surface area contributed by atoms with Gasteiger partial charge in [0.25, 0.3) is 0 Å². The summed E-state index contributed by atoms with van der Waals surface area (Å²) in [4.78, 5) is 4.27. The van der Waals surface area contributed by atoms with E-state index in [2.05, 4.69) is 34.9 Å². The second-order valence-corrected chi connectivity index (χ2v) is 2.88. The lowest BCUT2D eigenvalue weighted by atomic mass is 10.4. The SMILES string of the molecule is CCCn1cnc(CNCC)c1. The van der Waals surface area contributed by atoms with Gasteiger partial charge in [0, 0.05) is 19.3 Å². The minimum atomic E-state index is 0.882. The largest absolute Gasteiger partial charge is 0.337 e. The second-order valence-electron chi connectivity index (χ2n) is 2.88. The molecule has 0 bridgehead atoms. The van der Waals surface area contributed by atoms with Gasteiger partial charge < -0.3 is 9.88 Å². The molecule has 3 nitrogen and oxygen atoms in total. The Morgan fingerprint density at radius 3 is 3.00 bits per heavy atom. The molecule has 1 rings (SSSR count). The second kappa shape index (κ2) is 4.93. The summed E-state index contributed by atoms with van der Waals surface area (Å²) in [6, 6.07) is 0. The van der Waals surface area contributed by atoms with Gasteiger partial charge in [-0.15, -0.1) is 0 Å². The molecule has 0 aliphatic heterocycles. The zero-order valence-electron chi connectivity index (χ0n) is 7.88. The fraction of sp³-hybridized carbons (Fsp3) is 0.667. The van der Waals surface area contributed by atoms with Crippen molar-refractivity contribution in [3.05, 3.63) is 18.2 Å². The van der Waals surface area contributed by atoms with Crippen molar-refractivity contribution in [2.45, 2.75) is 33.4 Å². The third-order valence-electron chi connectivity index (χ3n) is 1.72. The summed E-state index contributed by atoms with van der Waals surface area (Å²) in [5.41, 5.74) is 1.13. The molecule has 68 valence electrons. The van der Waals surface area contributed by atoms with Crippen LogP contribution in [0.2, 0.25) is 0 Å².